The van der Waals surface area contributed by atoms with Gasteiger partial charge < -0.3 is 10.2 Å². The van der Waals surface area contributed by atoms with Crippen LogP contribution in [0.3, 0.4) is 0 Å². The fourth-order valence-corrected chi connectivity index (χ4v) is 5.26. The van der Waals surface area contributed by atoms with E-state index in [-0.39, 0.29) is 11.9 Å². The van der Waals surface area contributed by atoms with Crippen LogP contribution in [0.25, 0.3) is 22.3 Å². The Balaban J connectivity index is 1.21. The van der Waals surface area contributed by atoms with Crippen LogP contribution in [0.15, 0.2) is 60.7 Å². The van der Waals surface area contributed by atoms with E-state index in [0.29, 0.717) is 0 Å². The average Bonchev–Trinajstić information content (AvgIpc) is 2.83. The van der Waals surface area contributed by atoms with Gasteiger partial charge in [0.1, 0.15) is 0 Å². The minimum atomic E-state index is 0.0291. The van der Waals surface area contributed by atoms with Crippen LogP contribution in [0, 0.1) is 6.92 Å². The van der Waals surface area contributed by atoms with Gasteiger partial charge >= 0.3 is 0 Å². The fraction of sp³-hybridized carbons (Fsp3) is 0.321. The van der Waals surface area contributed by atoms with Crippen molar-refractivity contribution >= 4 is 23.2 Å². The van der Waals surface area contributed by atoms with Gasteiger partial charge in [-0.05, 0) is 53.8 Å². The Bertz CT molecular complexity index is 1180. The summed E-state index contributed by atoms with van der Waals surface area (Å²) in [6, 6.07) is 20.6. The Hall–Kier alpha value is -2.82. The Morgan fingerprint density at radius 1 is 0.939 bits per heavy atom. The number of anilines is 1. The molecule has 1 saturated heterocycles. The van der Waals surface area contributed by atoms with Crippen LogP contribution in [-0.2, 0) is 0 Å². The van der Waals surface area contributed by atoms with Crippen LogP contribution in [0.5, 0.6) is 0 Å². The van der Waals surface area contributed by atoms with Gasteiger partial charge in [0.25, 0.3) is 5.91 Å². The molecule has 0 saturated carbocycles. The maximum Gasteiger partial charge on any atom is 0.252 e. The van der Waals surface area contributed by atoms with Gasteiger partial charge in [-0.25, -0.2) is 0 Å². The first-order valence-electron chi connectivity index (χ1n) is 11.8. The van der Waals surface area contributed by atoms with Gasteiger partial charge in [0.15, 0.2) is 0 Å². The largest absolute Gasteiger partial charge is 0.369 e. The van der Waals surface area contributed by atoms with E-state index in [4.69, 9.17) is 11.6 Å². The lowest BCUT2D eigenvalue weighted by Gasteiger charge is -2.38. The Kier molecular flexibility index (Phi) is 6.13. The van der Waals surface area contributed by atoms with Crippen LogP contribution in [-0.4, -0.2) is 49.6 Å². The molecule has 1 aliphatic carbocycles. The standard InChI is InChI=1S/C28H30ClN3O/c1-3-20(18-31-14-16-32(17-15-31)26-13-7-12-25(29)19(26)2)30-28(33)24-11-6-10-23-21-8-4-5-9-22(21)27(23)24/h4-13,20H,3,14-18H2,1-2H3,(H,30,33). The van der Waals surface area contributed by atoms with Crippen LogP contribution >= 0.6 is 11.6 Å². The topological polar surface area (TPSA) is 35.6 Å². The van der Waals surface area contributed by atoms with E-state index in [0.717, 1.165) is 60.9 Å². The highest BCUT2D eigenvalue weighted by molar-refractivity contribution is 6.31. The number of carbonyl (C=O) groups excluding carboxylic acids is 1. The van der Waals surface area contributed by atoms with Gasteiger partial charge in [-0.1, -0.05) is 61.0 Å². The summed E-state index contributed by atoms with van der Waals surface area (Å²) in [7, 11) is 0. The normalized spacial score (nSPS) is 15.9. The summed E-state index contributed by atoms with van der Waals surface area (Å²) in [6.07, 6.45) is 0.908. The highest BCUT2D eigenvalue weighted by Crippen LogP contribution is 2.48. The quantitative estimate of drug-likeness (QED) is 0.406. The zero-order chi connectivity index (χ0) is 22.9. The van der Waals surface area contributed by atoms with Crippen molar-refractivity contribution in [2.24, 2.45) is 0 Å². The summed E-state index contributed by atoms with van der Waals surface area (Å²) in [5.74, 6) is 0.0291. The van der Waals surface area contributed by atoms with Gasteiger partial charge in [-0.15, -0.1) is 0 Å². The first-order chi connectivity index (χ1) is 16.1. The number of carbonyl (C=O) groups is 1. The monoisotopic (exact) mass is 459 g/mol. The molecule has 0 spiro atoms. The van der Waals surface area contributed by atoms with Gasteiger partial charge in [0.2, 0.25) is 0 Å². The number of halogens is 1. The molecule has 1 unspecified atom stereocenters. The molecule has 170 valence electrons. The van der Waals surface area contributed by atoms with E-state index in [1.807, 2.05) is 30.3 Å². The molecule has 3 aromatic rings. The molecular formula is C28H30ClN3O. The van der Waals surface area contributed by atoms with Crippen molar-refractivity contribution in [3.63, 3.8) is 0 Å². The second kappa shape index (κ2) is 9.20. The third-order valence-electron chi connectivity index (χ3n) is 7.05. The highest BCUT2D eigenvalue weighted by atomic mass is 35.5. The van der Waals surface area contributed by atoms with Crippen molar-refractivity contribution < 1.29 is 4.79 Å². The lowest BCUT2D eigenvalue weighted by atomic mass is 9.78. The molecule has 5 heteroatoms. The van der Waals surface area contributed by atoms with Crippen molar-refractivity contribution in [2.75, 3.05) is 37.6 Å². The molecule has 1 aliphatic heterocycles. The van der Waals surface area contributed by atoms with Crippen molar-refractivity contribution in [3.05, 3.63) is 76.8 Å². The Morgan fingerprint density at radius 3 is 2.39 bits per heavy atom. The molecule has 1 fully saturated rings. The lowest BCUT2D eigenvalue weighted by Crippen LogP contribution is -2.51. The number of nitrogens with one attached hydrogen (secondary N) is 1. The lowest BCUT2D eigenvalue weighted by molar-refractivity contribution is 0.0922. The number of hydrogen-bond donors (Lipinski definition) is 1. The number of rotatable bonds is 6. The number of amides is 1. The second-order valence-corrected chi connectivity index (χ2v) is 9.43. The summed E-state index contributed by atoms with van der Waals surface area (Å²) in [5, 5.41) is 4.13. The first-order valence-corrected chi connectivity index (χ1v) is 12.2. The molecule has 5 rings (SSSR count). The number of benzene rings is 3. The number of fused-ring (bicyclic) bond motifs is 4. The van der Waals surface area contributed by atoms with Crippen molar-refractivity contribution in [3.8, 4) is 22.3 Å². The van der Waals surface area contributed by atoms with Gasteiger partial charge in [0.05, 0.1) is 0 Å². The zero-order valence-corrected chi connectivity index (χ0v) is 20.0. The second-order valence-electron chi connectivity index (χ2n) is 9.02. The zero-order valence-electron chi connectivity index (χ0n) is 19.3. The van der Waals surface area contributed by atoms with E-state index >= 15 is 0 Å². The molecule has 1 amide bonds. The van der Waals surface area contributed by atoms with Gasteiger partial charge in [-0.3, -0.25) is 9.69 Å². The van der Waals surface area contributed by atoms with Crippen LogP contribution in [0.4, 0.5) is 5.69 Å². The molecule has 0 aromatic heterocycles. The molecule has 1 N–H and O–H groups in total. The van der Waals surface area contributed by atoms with Crippen LogP contribution in [0.2, 0.25) is 5.02 Å². The smallest absolute Gasteiger partial charge is 0.252 e. The number of hydrogen-bond acceptors (Lipinski definition) is 3. The van der Waals surface area contributed by atoms with Crippen LogP contribution < -0.4 is 10.2 Å². The van der Waals surface area contributed by atoms with E-state index in [9.17, 15) is 4.79 Å². The van der Waals surface area contributed by atoms with Gasteiger partial charge in [-0.2, -0.15) is 0 Å². The number of nitrogens with zero attached hydrogens (tertiary/aromatic N) is 2. The summed E-state index contributed by atoms with van der Waals surface area (Å²) >= 11 is 6.32. The minimum Gasteiger partial charge on any atom is -0.369 e. The molecule has 3 aromatic carbocycles. The Labute approximate surface area is 201 Å². The summed E-state index contributed by atoms with van der Waals surface area (Å²) in [6.45, 7) is 9.00. The molecular weight excluding hydrogens is 430 g/mol. The summed E-state index contributed by atoms with van der Waals surface area (Å²) in [4.78, 5) is 18.1. The summed E-state index contributed by atoms with van der Waals surface area (Å²) < 4.78 is 0. The minimum absolute atomic E-state index is 0.0291. The molecule has 33 heavy (non-hydrogen) atoms. The Morgan fingerprint density at radius 2 is 1.64 bits per heavy atom. The predicted octanol–water partition coefficient (Wildman–Crippen LogP) is 5.63. The van der Waals surface area contributed by atoms with Crippen LogP contribution in [0.1, 0.15) is 29.3 Å². The first kappa shape index (κ1) is 22.0. The predicted molar refractivity (Wildman–Crippen MR) is 137 cm³/mol. The van der Waals surface area contributed by atoms with Crippen molar-refractivity contribution in [2.45, 2.75) is 26.3 Å². The van der Waals surface area contributed by atoms with E-state index < -0.39 is 0 Å². The summed E-state index contributed by atoms with van der Waals surface area (Å²) in [5.41, 5.74) is 7.84. The maximum absolute atomic E-state index is 13.2. The SMILES string of the molecule is CCC(CN1CCN(c2cccc(Cl)c2C)CC1)NC(=O)c1cccc2c1-c1ccccc1-2. The van der Waals surface area contributed by atoms with Crippen molar-refractivity contribution in [1.29, 1.82) is 0 Å². The molecule has 0 bridgehead atoms. The van der Waals surface area contributed by atoms with E-state index in [1.165, 1.54) is 22.4 Å². The third kappa shape index (κ3) is 4.14. The van der Waals surface area contributed by atoms with Gasteiger partial charge in [0, 0.05) is 60.6 Å². The molecule has 1 heterocycles. The van der Waals surface area contributed by atoms with E-state index in [1.54, 1.807) is 0 Å². The average molecular weight is 460 g/mol. The van der Waals surface area contributed by atoms with Crippen molar-refractivity contribution in [1.82, 2.24) is 10.2 Å². The third-order valence-corrected chi connectivity index (χ3v) is 7.46. The maximum atomic E-state index is 13.2. The van der Waals surface area contributed by atoms with E-state index in [2.05, 4.69) is 59.3 Å². The number of piperazine rings is 1. The fourth-order valence-electron chi connectivity index (χ4n) is 5.09. The highest BCUT2D eigenvalue weighted by Gasteiger charge is 2.28. The molecule has 2 aliphatic rings. The molecule has 0 radical (unpaired) electrons. The molecule has 4 nitrogen and oxygen atoms in total. The molecule has 1 atom stereocenters.